The predicted octanol–water partition coefficient (Wildman–Crippen LogP) is 1.35. The number of aryl methyl sites for hydroxylation is 2. The molecule has 0 aromatic carbocycles. The molecular weight excluding hydrogens is 320 g/mol. The van der Waals surface area contributed by atoms with Crippen LogP contribution in [0.5, 0.6) is 0 Å². The minimum atomic E-state index is -3.87. The van der Waals surface area contributed by atoms with Gasteiger partial charge in [-0.1, -0.05) is 6.92 Å². The largest absolute Gasteiger partial charge is 0.465 e. The predicted molar refractivity (Wildman–Crippen MR) is 84.9 cm³/mol. The molecule has 0 spiro atoms. The second-order valence-electron chi connectivity index (χ2n) is 6.33. The van der Waals surface area contributed by atoms with Gasteiger partial charge in [0.15, 0.2) is 0 Å². The number of hydrogen-bond donors (Lipinski definition) is 2. The molecule has 1 saturated heterocycles. The van der Waals surface area contributed by atoms with Crippen molar-refractivity contribution >= 4 is 16.0 Å². The van der Waals surface area contributed by atoms with Crippen LogP contribution in [0, 0.1) is 19.3 Å². The van der Waals surface area contributed by atoms with E-state index in [1.807, 2.05) is 6.92 Å². The maximum Gasteiger partial charge on any atom is 0.342 e. The van der Waals surface area contributed by atoms with E-state index >= 15 is 0 Å². The summed E-state index contributed by atoms with van der Waals surface area (Å²) in [6, 6.07) is 0. The van der Waals surface area contributed by atoms with Crippen LogP contribution >= 0.6 is 0 Å². The molecule has 130 valence electrons. The Morgan fingerprint density at radius 1 is 1.39 bits per heavy atom. The topological polar surface area (TPSA) is 97.6 Å². The van der Waals surface area contributed by atoms with Gasteiger partial charge in [-0.2, -0.15) is 0 Å². The van der Waals surface area contributed by atoms with Crippen LogP contribution in [0.2, 0.25) is 0 Å². The zero-order valence-electron chi connectivity index (χ0n) is 14.0. The lowest BCUT2D eigenvalue weighted by Crippen LogP contribution is -2.45. The van der Waals surface area contributed by atoms with Crippen LogP contribution in [0.4, 0.5) is 0 Å². The summed E-state index contributed by atoms with van der Waals surface area (Å²) in [5.41, 5.74) is -0.187. The van der Waals surface area contributed by atoms with E-state index in [1.165, 1.54) is 14.0 Å². The van der Waals surface area contributed by atoms with Gasteiger partial charge in [-0.3, -0.25) is 0 Å². The number of carbonyl (C=O) groups excluding carboxylic acids is 1. The van der Waals surface area contributed by atoms with Gasteiger partial charge in [-0.05, 0) is 38.6 Å². The summed E-state index contributed by atoms with van der Waals surface area (Å²) in [7, 11) is -2.65. The molecule has 1 unspecified atom stereocenters. The van der Waals surface area contributed by atoms with Crippen LogP contribution in [0.3, 0.4) is 0 Å². The lowest BCUT2D eigenvalue weighted by molar-refractivity contribution is 0.0595. The van der Waals surface area contributed by atoms with Crippen molar-refractivity contribution in [1.29, 1.82) is 0 Å². The SMILES string of the molecule is COC(=O)c1c(C)oc(C)c1S(=O)(=O)NCC1(C)CCCNC1. The van der Waals surface area contributed by atoms with Crippen LogP contribution in [-0.4, -0.2) is 41.1 Å². The number of esters is 1. The first-order valence-electron chi connectivity index (χ1n) is 7.59. The van der Waals surface area contributed by atoms with Crippen LogP contribution in [0.25, 0.3) is 0 Å². The third kappa shape index (κ3) is 3.76. The first-order valence-corrected chi connectivity index (χ1v) is 9.07. The molecule has 0 aliphatic carbocycles. The van der Waals surface area contributed by atoms with E-state index < -0.39 is 16.0 Å². The van der Waals surface area contributed by atoms with E-state index in [9.17, 15) is 13.2 Å². The first kappa shape index (κ1) is 18.0. The number of rotatable bonds is 5. The molecule has 0 radical (unpaired) electrons. The summed E-state index contributed by atoms with van der Waals surface area (Å²) in [6.45, 7) is 7.11. The Labute approximate surface area is 136 Å². The van der Waals surface area contributed by atoms with Gasteiger partial charge < -0.3 is 14.5 Å². The minimum Gasteiger partial charge on any atom is -0.465 e. The van der Waals surface area contributed by atoms with Crippen LogP contribution in [-0.2, 0) is 14.8 Å². The number of nitrogens with one attached hydrogen (secondary N) is 2. The molecule has 0 amide bonds. The van der Waals surface area contributed by atoms with Crippen LogP contribution in [0.15, 0.2) is 9.31 Å². The fraction of sp³-hybridized carbons (Fsp3) is 0.667. The van der Waals surface area contributed by atoms with Gasteiger partial charge in [0.05, 0.1) is 7.11 Å². The summed E-state index contributed by atoms with van der Waals surface area (Å²) in [6.07, 6.45) is 1.95. The summed E-state index contributed by atoms with van der Waals surface area (Å²) in [5, 5.41) is 3.28. The molecule has 1 aliphatic heterocycles. The minimum absolute atomic E-state index is 0.0376. The van der Waals surface area contributed by atoms with E-state index in [4.69, 9.17) is 4.42 Å². The molecule has 2 N–H and O–H groups in total. The van der Waals surface area contributed by atoms with Crippen molar-refractivity contribution < 1.29 is 22.4 Å². The molecular formula is C15H24N2O5S. The summed E-state index contributed by atoms with van der Waals surface area (Å²) in [4.78, 5) is 11.8. The summed E-state index contributed by atoms with van der Waals surface area (Å²) in [5.74, 6) is -0.298. The molecule has 1 aromatic heterocycles. The summed E-state index contributed by atoms with van der Waals surface area (Å²) >= 11 is 0. The molecule has 7 nitrogen and oxygen atoms in total. The van der Waals surface area contributed by atoms with Gasteiger partial charge >= 0.3 is 5.97 Å². The van der Waals surface area contributed by atoms with Gasteiger partial charge in [0.2, 0.25) is 10.0 Å². The van der Waals surface area contributed by atoms with Crippen molar-refractivity contribution in [3.05, 3.63) is 17.1 Å². The highest BCUT2D eigenvalue weighted by Crippen LogP contribution is 2.29. The number of carbonyl (C=O) groups is 1. The van der Waals surface area contributed by atoms with E-state index in [1.54, 1.807) is 6.92 Å². The number of furan rings is 1. The van der Waals surface area contributed by atoms with Crippen molar-refractivity contribution in [3.8, 4) is 0 Å². The molecule has 1 atom stereocenters. The zero-order chi connectivity index (χ0) is 17.3. The third-order valence-corrected chi connectivity index (χ3v) is 5.79. The highest BCUT2D eigenvalue weighted by Gasteiger charge is 2.34. The van der Waals surface area contributed by atoms with E-state index in [-0.39, 0.29) is 27.4 Å². The maximum atomic E-state index is 12.7. The van der Waals surface area contributed by atoms with Crippen LogP contribution < -0.4 is 10.0 Å². The molecule has 0 bridgehead atoms. The molecule has 2 rings (SSSR count). The molecule has 1 aromatic rings. The Bertz CT molecular complexity index is 687. The van der Waals surface area contributed by atoms with Crippen molar-refractivity contribution in [2.45, 2.75) is 38.5 Å². The normalized spacial score (nSPS) is 22.1. The average Bonchev–Trinajstić information content (AvgIpc) is 2.81. The number of piperidine rings is 1. The van der Waals surface area contributed by atoms with Crippen LogP contribution in [0.1, 0.15) is 41.6 Å². The Kier molecular flexibility index (Phi) is 5.17. The molecule has 23 heavy (non-hydrogen) atoms. The van der Waals surface area contributed by atoms with Gasteiger partial charge in [0, 0.05) is 13.1 Å². The van der Waals surface area contributed by atoms with Gasteiger partial charge in [-0.25, -0.2) is 17.9 Å². The highest BCUT2D eigenvalue weighted by molar-refractivity contribution is 7.89. The smallest absolute Gasteiger partial charge is 0.342 e. The molecule has 2 heterocycles. The highest BCUT2D eigenvalue weighted by atomic mass is 32.2. The number of sulfonamides is 1. The Morgan fingerprint density at radius 2 is 2.09 bits per heavy atom. The van der Waals surface area contributed by atoms with Crippen molar-refractivity contribution in [2.24, 2.45) is 5.41 Å². The fourth-order valence-electron chi connectivity index (χ4n) is 2.94. The van der Waals surface area contributed by atoms with Crippen molar-refractivity contribution in [3.63, 3.8) is 0 Å². The monoisotopic (exact) mass is 344 g/mol. The zero-order valence-corrected chi connectivity index (χ0v) is 14.8. The Balaban J connectivity index is 2.28. The van der Waals surface area contributed by atoms with E-state index in [0.29, 0.717) is 6.54 Å². The summed E-state index contributed by atoms with van der Waals surface area (Å²) < 4.78 is 38.0. The van der Waals surface area contributed by atoms with E-state index in [2.05, 4.69) is 14.8 Å². The first-order chi connectivity index (χ1) is 10.7. The van der Waals surface area contributed by atoms with E-state index in [0.717, 1.165) is 25.9 Å². The van der Waals surface area contributed by atoms with Crippen molar-refractivity contribution in [2.75, 3.05) is 26.7 Å². The quantitative estimate of drug-likeness (QED) is 0.783. The fourth-order valence-corrected chi connectivity index (χ4v) is 4.53. The average molecular weight is 344 g/mol. The van der Waals surface area contributed by atoms with Gasteiger partial charge in [0.1, 0.15) is 22.0 Å². The van der Waals surface area contributed by atoms with Crippen molar-refractivity contribution in [1.82, 2.24) is 10.0 Å². The molecule has 1 aliphatic rings. The van der Waals surface area contributed by atoms with Gasteiger partial charge in [-0.15, -0.1) is 0 Å². The Hall–Kier alpha value is -1.38. The number of ether oxygens (including phenoxy) is 1. The lowest BCUT2D eigenvalue weighted by Gasteiger charge is -2.34. The maximum absolute atomic E-state index is 12.7. The molecule has 1 fully saturated rings. The number of hydrogen-bond acceptors (Lipinski definition) is 6. The third-order valence-electron chi connectivity index (χ3n) is 4.24. The second-order valence-corrected chi connectivity index (χ2v) is 8.03. The Morgan fingerprint density at radius 3 is 2.65 bits per heavy atom. The molecule has 8 heteroatoms. The van der Waals surface area contributed by atoms with Gasteiger partial charge in [0.25, 0.3) is 0 Å². The second kappa shape index (κ2) is 6.62. The lowest BCUT2D eigenvalue weighted by atomic mass is 9.83. The standard InChI is InChI=1S/C15H24N2O5S/c1-10-12(14(18)21-4)13(11(2)22-10)23(19,20)17-9-15(3)6-5-7-16-8-15/h16-17H,5-9H2,1-4H3. The number of methoxy groups -OCH3 is 1. The molecule has 0 saturated carbocycles.